The van der Waals surface area contributed by atoms with Crippen LogP contribution in [0.5, 0.6) is 11.5 Å². The first-order valence-electron chi connectivity index (χ1n) is 13.5. The molecule has 0 unspecified atom stereocenters. The van der Waals surface area contributed by atoms with E-state index in [9.17, 15) is 4.79 Å². The zero-order chi connectivity index (χ0) is 29.1. The number of piperazine rings is 1. The van der Waals surface area contributed by atoms with Crippen molar-refractivity contribution in [2.75, 3.05) is 50.2 Å². The highest BCUT2D eigenvalue weighted by Gasteiger charge is 2.33. The number of ether oxygens (including phenoxy) is 3. The molecule has 0 radical (unpaired) electrons. The molecule has 42 heavy (non-hydrogen) atoms. The number of carbonyl (C=O) groups excluding carboxylic acids is 1. The van der Waals surface area contributed by atoms with Crippen molar-refractivity contribution in [3.8, 4) is 22.6 Å². The maximum Gasteiger partial charge on any atom is 0.241 e. The topological polar surface area (TPSA) is 133 Å². The van der Waals surface area contributed by atoms with Gasteiger partial charge in [0, 0.05) is 42.8 Å². The first-order valence-corrected chi connectivity index (χ1v) is 13.9. The van der Waals surface area contributed by atoms with Crippen LogP contribution in [0.2, 0.25) is 5.02 Å². The van der Waals surface area contributed by atoms with Crippen LogP contribution in [0.3, 0.4) is 0 Å². The van der Waals surface area contributed by atoms with Crippen LogP contribution < -0.4 is 19.7 Å². The summed E-state index contributed by atoms with van der Waals surface area (Å²) in [5, 5.41) is 14.9. The van der Waals surface area contributed by atoms with Crippen LogP contribution >= 0.6 is 11.6 Å². The maximum absolute atomic E-state index is 12.9. The molecule has 218 valence electrons. The fraction of sp³-hybridized carbons (Fsp3) is 0.357. The Kier molecular flexibility index (Phi) is 8.13. The summed E-state index contributed by atoms with van der Waals surface area (Å²) in [5.41, 5.74) is 3.12. The Labute approximate surface area is 247 Å². The predicted molar refractivity (Wildman–Crippen MR) is 155 cm³/mol. The van der Waals surface area contributed by atoms with Gasteiger partial charge in [-0.05, 0) is 47.2 Å². The van der Waals surface area contributed by atoms with Crippen molar-refractivity contribution in [2.24, 2.45) is 0 Å². The van der Waals surface area contributed by atoms with Crippen molar-refractivity contribution in [3.05, 3.63) is 60.1 Å². The Morgan fingerprint density at radius 2 is 1.93 bits per heavy atom. The van der Waals surface area contributed by atoms with Crippen LogP contribution in [-0.2, 0) is 16.1 Å². The highest BCUT2D eigenvalue weighted by molar-refractivity contribution is 6.32. The third kappa shape index (κ3) is 6.12. The lowest BCUT2D eigenvalue weighted by atomic mass is 10.1. The molecule has 14 heteroatoms. The molecular formula is C28H30ClN9O4. The van der Waals surface area contributed by atoms with Gasteiger partial charge in [-0.3, -0.25) is 9.69 Å². The van der Waals surface area contributed by atoms with Crippen LogP contribution in [0.25, 0.3) is 11.1 Å². The number of amides is 1. The fourth-order valence-corrected chi connectivity index (χ4v) is 5.04. The van der Waals surface area contributed by atoms with Gasteiger partial charge >= 0.3 is 0 Å². The van der Waals surface area contributed by atoms with Gasteiger partial charge in [-0.2, -0.15) is 0 Å². The van der Waals surface area contributed by atoms with E-state index in [-0.39, 0.29) is 12.0 Å². The Hall–Kier alpha value is -4.33. The van der Waals surface area contributed by atoms with Crippen molar-refractivity contribution in [1.82, 2.24) is 35.1 Å². The fourth-order valence-electron chi connectivity index (χ4n) is 4.88. The van der Waals surface area contributed by atoms with Crippen LogP contribution in [0.15, 0.2) is 55.1 Å². The minimum Gasteiger partial charge on any atom is -0.494 e. The minimum atomic E-state index is -0.212. The van der Waals surface area contributed by atoms with Crippen LogP contribution in [0.1, 0.15) is 6.92 Å². The average molecular weight is 592 g/mol. The smallest absolute Gasteiger partial charge is 0.241 e. The molecule has 0 bridgehead atoms. The zero-order valence-corrected chi connectivity index (χ0v) is 23.9. The van der Waals surface area contributed by atoms with Crippen molar-refractivity contribution in [3.63, 3.8) is 0 Å². The molecule has 2 saturated heterocycles. The number of nitrogens with zero attached hydrogens (tertiary/aromatic N) is 8. The predicted octanol–water partition coefficient (Wildman–Crippen LogP) is 3.05. The molecule has 0 aliphatic carbocycles. The number of nitrogens with one attached hydrogen (secondary N) is 1. The van der Waals surface area contributed by atoms with E-state index < -0.39 is 0 Å². The van der Waals surface area contributed by atoms with E-state index in [4.69, 9.17) is 25.8 Å². The SMILES string of the molecule is COc1cc(N2CCN(C3COC3)CC2=O)ccc1Nc1ncc(-c2ccc(Cl)c(O[C@@H](C)Cn3cnnn3)c2)cn1. The Morgan fingerprint density at radius 3 is 2.62 bits per heavy atom. The highest BCUT2D eigenvalue weighted by atomic mass is 35.5. The van der Waals surface area contributed by atoms with E-state index in [2.05, 4.69) is 35.7 Å². The van der Waals surface area contributed by atoms with Crippen molar-refractivity contribution < 1.29 is 19.0 Å². The van der Waals surface area contributed by atoms with Crippen LogP contribution in [0.4, 0.5) is 17.3 Å². The molecule has 2 aromatic heterocycles. The summed E-state index contributed by atoms with van der Waals surface area (Å²) < 4.78 is 18.5. The van der Waals surface area contributed by atoms with Crippen LogP contribution in [-0.4, -0.2) is 93.1 Å². The number of hydrogen-bond donors (Lipinski definition) is 1. The number of tetrazole rings is 1. The molecule has 0 saturated carbocycles. The van der Waals surface area contributed by atoms with Gasteiger partial charge in [0.2, 0.25) is 11.9 Å². The van der Waals surface area contributed by atoms with Gasteiger partial charge in [-0.15, -0.1) is 5.10 Å². The largest absolute Gasteiger partial charge is 0.494 e. The molecular weight excluding hydrogens is 562 g/mol. The summed E-state index contributed by atoms with van der Waals surface area (Å²) in [4.78, 5) is 25.8. The number of methoxy groups -OCH3 is 1. The molecule has 2 fully saturated rings. The lowest BCUT2D eigenvalue weighted by molar-refractivity contribution is -0.127. The number of carbonyl (C=O) groups is 1. The first kappa shape index (κ1) is 27.8. The molecule has 0 spiro atoms. The number of halogens is 1. The van der Waals surface area contributed by atoms with Gasteiger partial charge < -0.3 is 24.4 Å². The summed E-state index contributed by atoms with van der Waals surface area (Å²) >= 11 is 6.40. The monoisotopic (exact) mass is 591 g/mol. The van der Waals surface area contributed by atoms with E-state index in [0.29, 0.717) is 67.0 Å². The second-order valence-corrected chi connectivity index (χ2v) is 10.5. The highest BCUT2D eigenvalue weighted by Crippen LogP contribution is 2.34. The Balaban J connectivity index is 1.11. The van der Waals surface area contributed by atoms with Gasteiger partial charge in [0.1, 0.15) is 23.9 Å². The Morgan fingerprint density at radius 1 is 1.10 bits per heavy atom. The minimum absolute atomic E-state index is 0.0626. The molecule has 2 aromatic carbocycles. The first-order chi connectivity index (χ1) is 20.5. The summed E-state index contributed by atoms with van der Waals surface area (Å²) in [6, 6.07) is 11.5. The van der Waals surface area contributed by atoms with Crippen molar-refractivity contribution >= 4 is 34.8 Å². The van der Waals surface area contributed by atoms with Gasteiger partial charge in [0.25, 0.3) is 0 Å². The molecule has 2 aliphatic heterocycles. The second-order valence-electron chi connectivity index (χ2n) is 10.1. The number of benzene rings is 2. The van der Waals surface area contributed by atoms with Crippen molar-refractivity contribution in [2.45, 2.75) is 25.6 Å². The van der Waals surface area contributed by atoms with E-state index in [0.717, 1.165) is 23.4 Å². The van der Waals surface area contributed by atoms with E-state index in [1.165, 1.54) is 6.33 Å². The van der Waals surface area contributed by atoms with Crippen molar-refractivity contribution in [1.29, 1.82) is 0 Å². The summed E-state index contributed by atoms with van der Waals surface area (Å²) in [6.07, 6.45) is 4.76. The second kappa shape index (κ2) is 12.3. The van der Waals surface area contributed by atoms with Gasteiger partial charge in [-0.1, -0.05) is 17.7 Å². The van der Waals surface area contributed by atoms with Gasteiger partial charge in [-0.25, -0.2) is 14.6 Å². The number of rotatable bonds is 10. The summed E-state index contributed by atoms with van der Waals surface area (Å²) in [5.74, 6) is 1.59. The molecule has 1 atom stereocenters. The molecule has 13 nitrogen and oxygen atoms in total. The molecule has 4 aromatic rings. The maximum atomic E-state index is 12.9. The number of hydrogen-bond acceptors (Lipinski definition) is 11. The summed E-state index contributed by atoms with van der Waals surface area (Å²) in [7, 11) is 1.59. The third-order valence-electron chi connectivity index (χ3n) is 7.21. The number of anilines is 3. The normalized spacial score (nSPS) is 16.6. The van der Waals surface area contributed by atoms with E-state index in [1.54, 1.807) is 35.2 Å². The summed E-state index contributed by atoms with van der Waals surface area (Å²) in [6.45, 7) is 5.60. The van der Waals surface area contributed by atoms with Crippen LogP contribution in [0, 0.1) is 0 Å². The lowest BCUT2D eigenvalue weighted by Gasteiger charge is -2.42. The van der Waals surface area contributed by atoms with E-state index >= 15 is 0 Å². The van der Waals surface area contributed by atoms with Gasteiger partial charge in [0.05, 0.1) is 50.2 Å². The molecule has 1 N–H and O–H groups in total. The average Bonchev–Trinajstić information content (AvgIpc) is 3.47. The number of aromatic nitrogens is 6. The molecule has 6 rings (SSSR count). The Bertz CT molecular complexity index is 1530. The quantitative estimate of drug-likeness (QED) is 0.292. The van der Waals surface area contributed by atoms with Gasteiger partial charge in [0.15, 0.2) is 0 Å². The van der Waals surface area contributed by atoms with E-state index in [1.807, 2.05) is 37.3 Å². The lowest BCUT2D eigenvalue weighted by Crippen LogP contribution is -2.58. The standard InChI is InChI=1S/C28H30ClN9O4/c1-18(13-37-17-32-34-35-37)42-25-9-19(3-5-23(25)29)20-11-30-28(31-12-20)33-24-6-4-21(10-26(24)40-2)38-8-7-36(14-27(38)39)22-15-41-16-22/h3-6,9-12,17-18,22H,7-8,13-16H2,1-2H3,(H,30,31,33)/t18-/m0/s1. The molecule has 1 amide bonds. The molecule has 4 heterocycles. The molecule has 2 aliphatic rings. The third-order valence-corrected chi connectivity index (χ3v) is 7.52. The zero-order valence-electron chi connectivity index (χ0n) is 23.2.